The first-order valence-corrected chi connectivity index (χ1v) is 5.91. The minimum Gasteiger partial charge on any atom is -0.392 e. The van der Waals surface area contributed by atoms with Crippen molar-refractivity contribution in [1.29, 1.82) is 0 Å². The van der Waals surface area contributed by atoms with E-state index in [1.807, 2.05) is 12.1 Å². The van der Waals surface area contributed by atoms with Gasteiger partial charge in [-0.15, -0.1) is 0 Å². The summed E-state index contributed by atoms with van der Waals surface area (Å²) in [6.45, 7) is -0.140. The van der Waals surface area contributed by atoms with Crippen LogP contribution in [-0.4, -0.2) is 10.0 Å². The molecule has 19 heavy (non-hydrogen) atoms. The molecular weight excluding hydrogens is 242 g/mol. The van der Waals surface area contributed by atoms with E-state index in [2.05, 4.69) is 0 Å². The topological polar surface area (TPSA) is 63.4 Å². The van der Waals surface area contributed by atoms with Crippen molar-refractivity contribution in [2.45, 2.75) is 6.61 Å². The summed E-state index contributed by atoms with van der Waals surface area (Å²) in [5.74, 6) is 0. The highest BCUT2D eigenvalue weighted by molar-refractivity contribution is 6.10. The van der Waals surface area contributed by atoms with E-state index in [-0.39, 0.29) is 17.2 Å². The minimum atomic E-state index is -0.355. The summed E-state index contributed by atoms with van der Waals surface area (Å²) in [7, 11) is 0. The van der Waals surface area contributed by atoms with Crippen molar-refractivity contribution in [3.05, 3.63) is 64.2 Å². The van der Waals surface area contributed by atoms with Crippen molar-refractivity contribution in [2.24, 2.45) is 0 Å². The summed E-state index contributed by atoms with van der Waals surface area (Å²) in [6, 6.07) is 14.2. The van der Waals surface area contributed by atoms with Crippen LogP contribution in [0.4, 0.5) is 5.69 Å². The molecule has 0 fully saturated rings. The van der Waals surface area contributed by atoms with E-state index in [1.165, 1.54) is 0 Å². The second kappa shape index (κ2) is 4.33. The number of rotatable bonds is 2. The number of benzene rings is 3. The van der Waals surface area contributed by atoms with Crippen LogP contribution < -0.4 is 0 Å². The molecule has 0 unspecified atom stereocenters. The summed E-state index contributed by atoms with van der Waals surface area (Å²) in [5, 5.41) is 23.6. The van der Waals surface area contributed by atoms with Crippen molar-refractivity contribution in [1.82, 2.24) is 0 Å². The Morgan fingerprint density at radius 2 is 1.32 bits per heavy atom. The number of nitro groups is 1. The van der Waals surface area contributed by atoms with E-state index in [0.29, 0.717) is 10.8 Å². The number of non-ortho nitro benzene ring substituents is 1. The molecule has 1 N–H and O–H groups in total. The summed E-state index contributed by atoms with van der Waals surface area (Å²) in [5.41, 5.74) is 0.834. The summed E-state index contributed by atoms with van der Waals surface area (Å²) in [6.07, 6.45) is 0. The summed E-state index contributed by atoms with van der Waals surface area (Å²) >= 11 is 0. The van der Waals surface area contributed by atoms with Gasteiger partial charge in [-0.25, -0.2) is 0 Å². The van der Waals surface area contributed by atoms with Crippen molar-refractivity contribution in [3.63, 3.8) is 0 Å². The van der Waals surface area contributed by atoms with Gasteiger partial charge in [-0.2, -0.15) is 0 Å². The van der Waals surface area contributed by atoms with Gasteiger partial charge >= 0.3 is 0 Å². The highest BCUT2D eigenvalue weighted by Crippen LogP contribution is 2.37. The lowest BCUT2D eigenvalue weighted by molar-refractivity contribution is -0.381. The molecule has 4 heteroatoms. The van der Waals surface area contributed by atoms with Gasteiger partial charge < -0.3 is 5.11 Å². The van der Waals surface area contributed by atoms with Crippen molar-refractivity contribution in [2.75, 3.05) is 0 Å². The fraction of sp³-hybridized carbons (Fsp3) is 0.0667. The van der Waals surface area contributed by atoms with E-state index >= 15 is 0 Å². The molecule has 0 spiro atoms. The molecule has 0 amide bonds. The predicted octanol–water partition coefficient (Wildman–Crippen LogP) is 3.39. The lowest BCUT2D eigenvalue weighted by Crippen LogP contribution is -1.96. The average Bonchev–Trinajstić information content (AvgIpc) is 2.44. The quantitative estimate of drug-likeness (QED) is 0.432. The first-order chi connectivity index (χ1) is 9.24. The number of aliphatic hydroxyl groups excluding tert-OH is 1. The lowest BCUT2D eigenvalue weighted by Gasteiger charge is -2.10. The van der Waals surface area contributed by atoms with E-state index in [9.17, 15) is 15.2 Å². The second-order valence-corrected chi connectivity index (χ2v) is 4.33. The second-order valence-electron chi connectivity index (χ2n) is 4.33. The Morgan fingerprint density at radius 3 is 1.68 bits per heavy atom. The van der Waals surface area contributed by atoms with Gasteiger partial charge in [0.1, 0.15) is 0 Å². The van der Waals surface area contributed by atoms with Gasteiger partial charge in [-0.05, 0) is 28.5 Å². The molecule has 0 aliphatic heterocycles. The summed E-state index contributed by atoms with van der Waals surface area (Å²) in [4.78, 5) is 11.0. The van der Waals surface area contributed by atoms with E-state index in [0.717, 1.165) is 16.3 Å². The van der Waals surface area contributed by atoms with Crippen molar-refractivity contribution in [3.8, 4) is 0 Å². The van der Waals surface area contributed by atoms with Gasteiger partial charge in [-0.1, -0.05) is 36.4 Å². The first-order valence-electron chi connectivity index (χ1n) is 5.91. The Morgan fingerprint density at radius 1 is 0.895 bits per heavy atom. The Kier molecular flexibility index (Phi) is 2.65. The molecular formula is C15H11NO3. The smallest absolute Gasteiger partial charge is 0.284 e. The van der Waals surface area contributed by atoms with Crippen LogP contribution in [0.25, 0.3) is 21.5 Å². The largest absolute Gasteiger partial charge is 0.392 e. The number of aliphatic hydroxyl groups is 1. The highest BCUT2D eigenvalue weighted by Gasteiger charge is 2.20. The highest BCUT2D eigenvalue weighted by atomic mass is 16.6. The fourth-order valence-electron chi connectivity index (χ4n) is 2.56. The third kappa shape index (κ3) is 1.65. The van der Waals surface area contributed by atoms with Crippen LogP contribution in [0.5, 0.6) is 0 Å². The monoisotopic (exact) mass is 253 g/mol. The Labute approximate surface area is 109 Å². The molecule has 0 aliphatic rings. The molecule has 3 rings (SSSR count). The zero-order valence-corrected chi connectivity index (χ0v) is 10.0. The molecule has 0 heterocycles. The zero-order valence-electron chi connectivity index (χ0n) is 10.0. The maximum Gasteiger partial charge on any atom is 0.284 e. The Balaban J connectivity index is 2.65. The normalized spacial score (nSPS) is 11.0. The number of nitro benzene ring substituents is 1. The van der Waals surface area contributed by atoms with E-state index in [1.54, 1.807) is 36.4 Å². The number of hydrogen-bond acceptors (Lipinski definition) is 3. The molecule has 0 aromatic heterocycles. The molecule has 0 saturated heterocycles. The third-order valence-electron chi connectivity index (χ3n) is 3.36. The van der Waals surface area contributed by atoms with Crippen molar-refractivity contribution < 1.29 is 10.0 Å². The summed E-state index contributed by atoms with van der Waals surface area (Å²) < 4.78 is 0. The van der Waals surface area contributed by atoms with Crippen molar-refractivity contribution >= 4 is 27.2 Å². The van der Waals surface area contributed by atoms with Gasteiger partial charge in [0, 0.05) is 0 Å². The molecule has 0 atom stereocenters. The first kappa shape index (κ1) is 11.6. The molecule has 0 saturated carbocycles. The standard InChI is InChI=1S/C15H11NO3/c17-9-14-10-5-1-3-7-12(10)15(16(18)19)13-8-4-2-6-11(13)14/h1-8,17H,9H2. The average molecular weight is 253 g/mol. The lowest BCUT2D eigenvalue weighted by atomic mass is 9.95. The molecule has 0 aliphatic carbocycles. The fourth-order valence-corrected chi connectivity index (χ4v) is 2.56. The molecule has 0 radical (unpaired) electrons. The molecule has 4 nitrogen and oxygen atoms in total. The Bertz CT molecular complexity index is 739. The van der Waals surface area contributed by atoms with E-state index in [4.69, 9.17) is 0 Å². The van der Waals surface area contributed by atoms with E-state index < -0.39 is 0 Å². The molecule has 3 aromatic carbocycles. The van der Waals surface area contributed by atoms with Gasteiger partial charge in [0.2, 0.25) is 0 Å². The molecule has 3 aromatic rings. The van der Waals surface area contributed by atoms with Gasteiger partial charge in [0.15, 0.2) is 0 Å². The molecule has 0 bridgehead atoms. The number of hydrogen-bond donors (Lipinski definition) is 1. The minimum absolute atomic E-state index is 0.100. The molecule has 94 valence electrons. The van der Waals surface area contributed by atoms with Crippen LogP contribution >= 0.6 is 0 Å². The number of fused-ring (bicyclic) bond motifs is 2. The van der Waals surface area contributed by atoms with Gasteiger partial charge in [0.05, 0.1) is 22.3 Å². The Hall–Kier alpha value is -2.46. The zero-order chi connectivity index (χ0) is 13.4. The SMILES string of the molecule is O=[N+]([O-])c1c2ccccc2c(CO)c2ccccc12. The van der Waals surface area contributed by atoms with Crippen LogP contribution in [0.1, 0.15) is 5.56 Å². The maximum absolute atomic E-state index is 11.4. The van der Waals surface area contributed by atoms with Gasteiger partial charge in [-0.3, -0.25) is 10.1 Å². The van der Waals surface area contributed by atoms with Crippen LogP contribution in [0.3, 0.4) is 0 Å². The van der Waals surface area contributed by atoms with Gasteiger partial charge in [0.25, 0.3) is 5.69 Å². The van der Waals surface area contributed by atoms with Crippen LogP contribution in [0.15, 0.2) is 48.5 Å². The van der Waals surface area contributed by atoms with Crippen LogP contribution in [0.2, 0.25) is 0 Å². The third-order valence-corrected chi connectivity index (χ3v) is 3.36. The van der Waals surface area contributed by atoms with Crippen LogP contribution in [0, 0.1) is 10.1 Å². The predicted molar refractivity (Wildman–Crippen MR) is 74.0 cm³/mol. The number of nitrogens with zero attached hydrogens (tertiary/aromatic N) is 1. The maximum atomic E-state index is 11.4. The van der Waals surface area contributed by atoms with Crippen LogP contribution in [-0.2, 0) is 6.61 Å².